The van der Waals surface area contributed by atoms with Crippen LogP contribution in [0.25, 0.3) is 0 Å². The zero-order valence-corrected chi connectivity index (χ0v) is 11.7. The first kappa shape index (κ1) is 12.9. The molecule has 4 heteroatoms. The van der Waals surface area contributed by atoms with E-state index in [1.807, 2.05) is 0 Å². The van der Waals surface area contributed by atoms with Gasteiger partial charge in [0, 0.05) is 6.42 Å². The van der Waals surface area contributed by atoms with Crippen molar-refractivity contribution in [2.24, 2.45) is 4.99 Å². The van der Waals surface area contributed by atoms with Gasteiger partial charge in [0.2, 0.25) is 5.25 Å². The van der Waals surface area contributed by atoms with Crippen LogP contribution >= 0.6 is 0 Å². The molecule has 1 amide bonds. The van der Waals surface area contributed by atoms with Gasteiger partial charge in [-0.25, -0.2) is 4.99 Å². The maximum atomic E-state index is 11.8. The van der Waals surface area contributed by atoms with E-state index < -0.39 is 0 Å². The first-order chi connectivity index (χ1) is 8.22. The Labute approximate surface area is 107 Å². The van der Waals surface area contributed by atoms with Gasteiger partial charge in [0.1, 0.15) is 6.26 Å². The summed E-state index contributed by atoms with van der Waals surface area (Å²) in [7, 11) is 0.00348. The molecule has 2 aliphatic rings. The molecule has 1 saturated heterocycles. The number of rotatable bonds is 2. The molecule has 1 heterocycles. The Kier molecular flexibility index (Phi) is 4.48. The van der Waals surface area contributed by atoms with Crippen molar-refractivity contribution in [1.82, 2.24) is 5.32 Å². The zero-order chi connectivity index (χ0) is 12.3. The van der Waals surface area contributed by atoms with Crippen LogP contribution in [0.4, 0.5) is 0 Å². The minimum absolute atomic E-state index is 0.00348. The van der Waals surface area contributed by atoms with Crippen LogP contribution < -0.4 is 5.32 Å². The second-order valence-electron chi connectivity index (χ2n) is 5.02. The predicted octanol–water partition coefficient (Wildman–Crippen LogP) is 2.22. The van der Waals surface area contributed by atoms with Gasteiger partial charge in [-0.2, -0.15) is 0 Å². The topological polar surface area (TPSA) is 41.5 Å². The molecule has 0 aromatic carbocycles. The molecular weight excluding hydrogens is 232 g/mol. The minimum atomic E-state index is 0.00348. The van der Waals surface area contributed by atoms with Crippen molar-refractivity contribution in [3.63, 3.8) is 0 Å². The van der Waals surface area contributed by atoms with Crippen molar-refractivity contribution in [1.29, 1.82) is 0 Å². The van der Waals surface area contributed by atoms with Gasteiger partial charge >= 0.3 is 5.17 Å². The fourth-order valence-electron chi connectivity index (χ4n) is 2.67. The number of hydrogen-bond donors (Lipinski definition) is 1. The highest BCUT2D eigenvalue weighted by Crippen LogP contribution is 2.22. The Bertz CT molecular complexity index is 309. The molecule has 3 nitrogen and oxygen atoms in total. The first-order valence-electron chi connectivity index (χ1n) is 6.75. The molecule has 0 bridgehead atoms. The van der Waals surface area contributed by atoms with Crippen molar-refractivity contribution in [2.75, 3.05) is 6.26 Å². The Morgan fingerprint density at radius 2 is 1.94 bits per heavy atom. The van der Waals surface area contributed by atoms with Gasteiger partial charge in [-0.05, 0) is 12.8 Å². The van der Waals surface area contributed by atoms with Crippen molar-refractivity contribution in [2.45, 2.75) is 63.2 Å². The van der Waals surface area contributed by atoms with Crippen molar-refractivity contribution in [3.05, 3.63) is 0 Å². The van der Waals surface area contributed by atoms with Gasteiger partial charge in [0.05, 0.1) is 16.9 Å². The third-order valence-corrected chi connectivity index (χ3v) is 5.97. The number of hydrogen-bond acceptors (Lipinski definition) is 2. The summed E-state index contributed by atoms with van der Waals surface area (Å²) in [6, 6.07) is 0.457. The number of nitrogens with one attached hydrogen (secondary N) is 1. The molecule has 2 rings (SSSR count). The Hall–Kier alpha value is -0.510. The maximum Gasteiger partial charge on any atom is 0.321 e. The van der Waals surface area contributed by atoms with Gasteiger partial charge in [0.25, 0.3) is 5.91 Å². The molecule has 0 spiro atoms. The molecule has 1 aliphatic heterocycles. The van der Waals surface area contributed by atoms with Crippen LogP contribution in [-0.4, -0.2) is 28.6 Å². The largest absolute Gasteiger partial charge is 0.321 e. The van der Waals surface area contributed by atoms with Crippen LogP contribution in [0.15, 0.2) is 4.99 Å². The monoisotopic (exact) mass is 255 g/mol. The van der Waals surface area contributed by atoms with Crippen LogP contribution in [-0.2, 0) is 15.7 Å². The minimum Gasteiger partial charge on any atom is -0.269 e. The van der Waals surface area contributed by atoms with Gasteiger partial charge in [-0.3, -0.25) is 10.1 Å². The fourth-order valence-corrected chi connectivity index (χ4v) is 4.39. The predicted molar refractivity (Wildman–Crippen MR) is 74.4 cm³/mol. The van der Waals surface area contributed by atoms with E-state index in [1.165, 1.54) is 38.5 Å². The highest BCUT2D eigenvalue weighted by molar-refractivity contribution is 8.12. The van der Waals surface area contributed by atoms with Gasteiger partial charge in [-0.15, -0.1) is 0 Å². The van der Waals surface area contributed by atoms with E-state index in [4.69, 9.17) is 4.99 Å². The van der Waals surface area contributed by atoms with Crippen LogP contribution in [0.5, 0.6) is 0 Å². The Morgan fingerprint density at radius 3 is 2.47 bits per heavy atom. The molecule has 1 aliphatic carbocycles. The van der Waals surface area contributed by atoms with Crippen molar-refractivity contribution < 1.29 is 4.79 Å². The molecule has 96 valence electrons. The normalized spacial score (nSPS) is 33.8. The molecule has 17 heavy (non-hydrogen) atoms. The van der Waals surface area contributed by atoms with Crippen LogP contribution in [0, 0.1) is 0 Å². The summed E-state index contributed by atoms with van der Waals surface area (Å²) >= 11 is 0. The molecule has 1 saturated carbocycles. The van der Waals surface area contributed by atoms with Crippen LogP contribution in [0.3, 0.4) is 0 Å². The summed E-state index contributed by atoms with van der Waals surface area (Å²) in [5, 5.41) is 4.14. The molecule has 2 unspecified atom stereocenters. The van der Waals surface area contributed by atoms with E-state index in [1.54, 1.807) is 0 Å². The van der Waals surface area contributed by atoms with E-state index in [9.17, 15) is 4.79 Å². The summed E-state index contributed by atoms with van der Waals surface area (Å²) in [5.74, 6) is 0.186. The number of aliphatic imine (C=N–C) groups is 1. The second-order valence-corrected chi connectivity index (χ2v) is 7.09. The SMILES string of the molecule is CCC1C(=O)NC(=NC2CCCCCC2)[S+]1C. The number of amides is 1. The Morgan fingerprint density at radius 1 is 1.29 bits per heavy atom. The van der Waals surface area contributed by atoms with E-state index >= 15 is 0 Å². The molecule has 2 fully saturated rings. The summed E-state index contributed by atoms with van der Waals surface area (Å²) in [5.41, 5.74) is 0. The average Bonchev–Trinajstić information content (AvgIpc) is 2.50. The quantitative estimate of drug-likeness (QED) is 0.596. The molecule has 0 aromatic heterocycles. The molecule has 1 N–H and O–H groups in total. The molecule has 0 radical (unpaired) electrons. The maximum absolute atomic E-state index is 11.8. The number of carbonyl (C=O) groups is 1. The fraction of sp³-hybridized carbons (Fsp3) is 0.846. The molecular formula is C13H23N2OS+. The third kappa shape index (κ3) is 3.03. The van der Waals surface area contributed by atoms with Crippen LogP contribution in [0.1, 0.15) is 51.9 Å². The zero-order valence-electron chi connectivity index (χ0n) is 10.9. The molecule has 2 atom stereocenters. The summed E-state index contributed by atoms with van der Waals surface area (Å²) in [6.45, 7) is 2.09. The van der Waals surface area contributed by atoms with Gasteiger partial charge < -0.3 is 0 Å². The smallest absolute Gasteiger partial charge is 0.269 e. The van der Waals surface area contributed by atoms with Crippen molar-refractivity contribution >= 4 is 22.0 Å². The van der Waals surface area contributed by atoms with Gasteiger partial charge in [0.15, 0.2) is 0 Å². The summed E-state index contributed by atoms with van der Waals surface area (Å²) < 4.78 is 0. The highest BCUT2D eigenvalue weighted by atomic mass is 32.2. The molecule has 0 aromatic rings. The lowest BCUT2D eigenvalue weighted by atomic mass is 10.1. The van der Waals surface area contributed by atoms with E-state index in [0.29, 0.717) is 6.04 Å². The summed E-state index contributed by atoms with van der Waals surface area (Å²) in [6.07, 6.45) is 10.8. The number of carbonyl (C=O) groups excluding carboxylic acids is 1. The van der Waals surface area contributed by atoms with E-state index in [2.05, 4.69) is 18.5 Å². The first-order valence-corrected chi connectivity index (χ1v) is 8.45. The highest BCUT2D eigenvalue weighted by Gasteiger charge is 2.45. The van der Waals surface area contributed by atoms with Crippen LogP contribution in [0.2, 0.25) is 0 Å². The van der Waals surface area contributed by atoms with Crippen molar-refractivity contribution in [3.8, 4) is 0 Å². The Balaban J connectivity index is 2.03. The number of nitrogens with zero attached hydrogens (tertiary/aromatic N) is 1. The lowest BCUT2D eigenvalue weighted by Crippen LogP contribution is -2.25. The lowest BCUT2D eigenvalue weighted by Gasteiger charge is -2.08. The lowest BCUT2D eigenvalue weighted by molar-refractivity contribution is -0.118. The summed E-state index contributed by atoms with van der Waals surface area (Å²) in [4.78, 5) is 16.6. The number of amidine groups is 1. The van der Waals surface area contributed by atoms with Gasteiger partial charge in [-0.1, -0.05) is 32.6 Å². The average molecular weight is 255 g/mol. The van der Waals surface area contributed by atoms with E-state index in [0.717, 1.165) is 11.6 Å². The second kappa shape index (κ2) is 5.89. The van der Waals surface area contributed by atoms with E-state index in [-0.39, 0.29) is 22.1 Å². The standard InChI is InChI=1S/C13H22N2OS/c1-3-11-12(16)15-13(17(11)2)14-10-8-6-4-5-7-9-10/h10-11H,3-9H2,1-2H3/p+1. The third-order valence-electron chi connectivity index (χ3n) is 3.75.